The lowest BCUT2D eigenvalue weighted by Gasteiger charge is -2.12. The minimum atomic E-state index is -0.474. The molecular formula is C24H18ClN3O2. The summed E-state index contributed by atoms with van der Waals surface area (Å²) in [6, 6.07) is 17.0. The Kier molecular flexibility index (Phi) is 5.03. The van der Waals surface area contributed by atoms with Crippen molar-refractivity contribution in [1.29, 1.82) is 5.26 Å². The molecule has 148 valence electrons. The molecule has 0 aliphatic rings. The number of aromatic amines is 1. The third-order valence-corrected chi connectivity index (χ3v) is 5.36. The summed E-state index contributed by atoms with van der Waals surface area (Å²) in [5.41, 5.74) is 4.81. The van der Waals surface area contributed by atoms with E-state index in [-0.39, 0.29) is 10.7 Å². The number of rotatable bonds is 3. The number of H-pyrrole nitrogens is 1. The maximum atomic E-state index is 12.7. The summed E-state index contributed by atoms with van der Waals surface area (Å²) in [6.07, 6.45) is 0. The Hall–Kier alpha value is -3.62. The van der Waals surface area contributed by atoms with Crippen molar-refractivity contribution >= 4 is 22.5 Å². The van der Waals surface area contributed by atoms with Crippen molar-refractivity contribution in [2.24, 2.45) is 0 Å². The van der Waals surface area contributed by atoms with Gasteiger partial charge in [-0.15, -0.1) is 0 Å². The normalized spacial score (nSPS) is 10.8. The SMILES string of the molecule is COc1ccc(-c2cc(-c3cc4c(C)cc(C)cc4nc3Cl)c(C#N)c(=O)[nH]2)cc1. The summed E-state index contributed by atoms with van der Waals surface area (Å²) < 4.78 is 5.19. The molecule has 0 amide bonds. The Balaban J connectivity index is 1.98. The molecule has 0 atom stereocenters. The first kappa shape index (κ1) is 19.7. The second-order valence-electron chi connectivity index (χ2n) is 7.12. The van der Waals surface area contributed by atoms with Gasteiger partial charge in [-0.05, 0) is 73.0 Å². The van der Waals surface area contributed by atoms with E-state index >= 15 is 0 Å². The summed E-state index contributed by atoms with van der Waals surface area (Å²) in [4.78, 5) is 20.0. The topological polar surface area (TPSA) is 78.8 Å². The Labute approximate surface area is 178 Å². The standard InChI is InChI=1S/C24H18ClN3O2/c1-13-8-14(2)17-10-19(23(25)27-22(17)9-13)18-11-21(28-24(29)20(18)12-26)15-4-6-16(30-3)7-5-15/h4-11H,1-3H3,(H,28,29). The van der Waals surface area contributed by atoms with Gasteiger partial charge in [0.25, 0.3) is 5.56 Å². The van der Waals surface area contributed by atoms with Gasteiger partial charge >= 0.3 is 0 Å². The molecular weight excluding hydrogens is 398 g/mol. The van der Waals surface area contributed by atoms with Crippen LogP contribution in [0.1, 0.15) is 16.7 Å². The highest BCUT2D eigenvalue weighted by molar-refractivity contribution is 6.32. The lowest BCUT2D eigenvalue weighted by Crippen LogP contribution is -2.13. The van der Waals surface area contributed by atoms with Crippen LogP contribution in [0.2, 0.25) is 5.15 Å². The summed E-state index contributed by atoms with van der Waals surface area (Å²) >= 11 is 6.51. The molecule has 0 spiro atoms. The number of hydrogen-bond donors (Lipinski definition) is 1. The van der Waals surface area contributed by atoms with Gasteiger partial charge in [0, 0.05) is 22.2 Å². The number of halogens is 1. The van der Waals surface area contributed by atoms with Crippen molar-refractivity contribution in [2.45, 2.75) is 13.8 Å². The van der Waals surface area contributed by atoms with Gasteiger partial charge in [0.2, 0.25) is 0 Å². The van der Waals surface area contributed by atoms with Gasteiger partial charge < -0.3 is 9.72 Å². The highest BCUT2D eigenvalue weighted by atomic mass is 35.5. The van der Waals surface area contributed by atoms with Crippen LogP contribution in [-0.2, 0) is 0 Å². The number of nitrogens with one attached hydrogen (secondary N) is 1. The van der Waals surface area contributed by atoms with Crippen LogP contribution < -0.4 is 10.3 Å². The molecule has 0 saturated heterocycles. The quantitative estimate of drug-likeness (QED) is 0.454. The Morgan fingerprint density at radius 1 is 1.07 bits per heavy atom. The highest BCUT2D eigenvalue weighted by Crippen LogP contribution is 2.34. The van der Waals surface area contributed by atoms with Crippen LogP contribution in [0.4, 0.5) is 0 Å². The molecule has 6 heteroatoms. The van der Waals surface area contributed by atoms with Crippen molar-refractivity contribution in [1.82, 2.24) is 9.97 Å². The van der Waals surface area contributed by atoms with E-state index in [2.05, 4.69) is 16.0 Å². The number of aromatic nitrogens is 2. The predicted octanol–water partition coefficient (Wildman–Crippen LogP) is 5.41. The van der Waals surface area contributed by atoms with Crippen molar-refractivity contribution in [3.05, 3.63) is 80.7 Å². The molecule has 1 N–H and O–H groups in total. The van der Waals surface area contributed by atoms with Gasteiger partial charge in [-0.3, -0.25) is 4.79 Å². The number of nitriles is 1. The molecule has 2 aromatic carbocycles. The van der Waals surface area contributed by atoms with Gasteiger partial charge in [-0.2, -0.15) is 5.26 Å². The molecule has 2 aromatic heterocycles. The number of ether oxygens (including phenoxy) is 1. The predicted molar refractivity (Wildman–Crippen MR) is 119 cm³/mol. The molecule has 0 unspecified atom stereocenters. The van der Waals surface area contributed by atoms with Crippen LogP contribution in [-0.4, -0.2) is 17.1 Å². The molecule has 0 radical (unpaired) electrons. The van der Waals surface area contributed by atoms with Crippen LogP contribution in [0.25, 0.3) is 33.3 Å². The van der Waals surface area contributed by atoms with Crippen LogP contribution in [0.3, 0.4) is 0 Å². The maximum absolute atomic E-state index is 12.7. The number of aryl methyl sites for hydroxylation is 2. The minimum Gasteiger partial charge on any atom is -0.497 e. The number of nitrogens with zero attached hydrogens (tertiary/aromatic N) is 2. The first-order chi connectivity index (χ1) is 14.4. The largest absolute Gasteiger partial charge is 0.497 e. The second kappa shape index (κ2) is 7.66. The van der Waals surface area contributed by atoms with Crippen molar-refractivity contribution in [3.8, 4) is 34.2 Å². The zero-order valence-electron chi connectivity index (χ0n) is 16.7. The molecule has 4 rings (SSSR count). The van der Waals surface area contributed by atoms with E-state index < -0.39 is 5.56 Å². The third kappa shape index (κ3) is 3.42. The van der Waals surface area contributed by atoms with Gasteiger partial charge in [-0.1, -0.05) is 17.7 Å². The smallest absolute Gasteiger partial charge is 0.266 e. The van der Waals surface area contributed by atoms with Crippen molar-refractivity contribution in [2.75, 3.05) is 7.11 Å². The maximum Gasteiger partial charge on any atom is 0.266 e. The third-order valence-electron chi connectivity index (χ3n) is 5.08. The first-order valence-electron chi connectivity index (χ1n) is 9.31. The Morgan fingerprint density at radius 3 is 2.47 bits per heavy atom. The van der Waals surface area contributed by atoms with Crippen LogP contribution in [0.15, 0.2) is 53.3 Å². The zero-order chi connectivity index (χ0) is 21.4. The minimum absolute atomic E-state index is 0.0000708. The van der Waals surface area contributed by atoms with E-state index in [1.54, 1.807) is 13.2 Å². The van der Waals surface area contributed by atoms with Crippen molar-refractivity contribution < 1.29 is 4.74 Å². The van der Waals surface area contributed by atoms with Crippen molar-refractivity contribution in [3.63, 3.8) is 0 Å². The molecule has 5 nitrogen and oxygen atoms in total. The number of hydrogen-bond acceptors (Lipinski definition) is 4. The first-order valence-corrected chi connectivity index (χ1v) is 9.69. The fourth-order valence-corrected chi connectivity index (χ4v) is 3.85. The fraction of sp³-hybridized carbons (Fsp3) is 0.125. The average Bonchev–Trinajstić information content (AvgIpc) is 2.72. The van der Waals surface area contributed by atoms with Crippen LogP contribution in [0, 0.1) is 25.2 Å². The molecule has 0 saturated carbocycles. The van der Waals surface area contributed by atoms with Crippen LogP contribution >= 0.6 is 11.6 Å². The Bertz CT molecular complexity index is 1380. The summed E-state index contributed by atoms with van der Waals surface area (Å²) in [5.74, 6) is 0.711. The highest BCUT2D eigenvalue weighted by Gasteiger charge is 2.17. The molecule has 30 heavy (non-hydrogen) atoms. The number of methoxy groups -OCH3 is 1. The molecule has 0 fully saturated rings. The van der Waals surface area contributed by atoms with E-state index in [0.717, 1.165) is 27.6 Å². The Morgan fingerprint density at radius 2 is 1.80 bits per heavy atom. The van der Waals surface area contributed by atoms with Gasteiger partial charge in [0.15, 0.2) is 0 Å². The summed E-state index contributed by atoms with van der Waals surface area (Å²) in [6.45, 7) is 4.00. The van der Waals surface area contributed by atoms with E-state index in [1.807, 2.05) is 56.3 Å². The number of pyridine rings is 2. The van der Waals surface area contributed by atoms with E-state index in [4.69, 9.17) is 16.3 Å². The molecule has 0 bridgehead atoms. The van der Waals surface area contributed by atoms with E-state index in [1.165, 1.54) is 0 Å². The molecule has 2 heterocycles. The average molecular weight is 416 g/mol. The second-order valence-corrected chi connectivity index (χ2v) is 7.47. The lowest BCUT2D eigenvalue weighted by atomic mass is 9.97. The van der Waals surface area contributed by atoms with Gasteiger partial charge in [0.1, 0.15) is 22.5 Å². The number of benzene rings is 2. The van der Waals surface area contributed by atoms with Gasteiger partial charge in [-0.25, -0.2) is 4.98 Å². The monoisotopic (exact) mass is 415 g/mol. The molecule has 4 aromatic rings. The van der Waals surface area contributed by atoms with E-state index in [9.17, 15) is 10.1 Å². The molecule has 0 aliphatic heterocycles. The van der Waals surface area contributed by atoms with E-state index in [0.29, 0.717) is 22.6 Å². The summed E-state index contributed by atoms with van der Waals surface area (Å²) in [5, 5.41) is 10.8. The van der Waals surface area contributed by atoms with Gasteiger partial charge in [0.05, 0.1) is 12.6 Å². The summed E-state index contributed by atoms with van der Waals surface area (Å²) in [7, 11) is 1.59. The zero-order valence-corrected chi connectivity index (χ0v) is 17.5. The van der Waals surface area contributed by atoms with Crippen LogP contribution in [0.5, 0.6) is 5.75 Å². The lowest BCUT2D eigenvalue weighted by molar-refractivity contribution is 0.415. The number of fused-ring (bicyclic) bond motifs is 1. The fourth-order valence-electron chi connectivity index (χ4n) is 3.60. The molecule has 0 aliphatic carbocycles.